The quantitative estimate of drug-likeness (QED) is 0.597. The minimum atomic E-state index is -3.56. The lowest BCUT2D eigenvalue weighted by Crippen LogP contribution is -2.52. The van der Waals surface area contributed by atoms with E-state index in [1.165, 1.54) is 9.21 Å². The van der Waals surface area contributed by atoms with Crippen molar-refractivity contribution in [2.45, 2.75) is 37.1 Å². The molecular weight excluding hydrogens is 440 g/mol. The third-order valence-corrected chi connectivity index (χ3v) is 8.07. The maximum Gasteiger partial charge on any atom is 0.325 e. The van der Waals surface area contributed by atoms with Crippen molar-refractivity contribution in [1.29, 1.82) is 0 Å². The number of sulfonamides is 1. The van der Waals surface area contributed by atoms with Crippen molar-refractivity contribution in [3.63, 3.8) is 0 Å². The summed E-state index contributed by atoms with van der Waals surface area (Å²) in [6.07, 6.45) is 2.39. The van der Waals surface area contributed by atoms with Crippen molar-refractivity contribution >= 4 is 22.0 Å². The summed E-state index contributed by atoms with van der Waals surface area (Å²) in [6.45, 7) is 3.79. The molecule has 0 bridgehead atoms. The Kier molecular flexibility index (Phi) is 7.11. The molecule has 1 atom stereocenters. The first-order chi connectivity index (χ1) is 15.9. The van der Waals surface area contributed by atoms with Gasteiger partial charge in [-0.3, -0.25) is 9.69 Å². The fraction of sp³-hybridized carbons (Fsp3) is 0.417. The number of imide groups is 1. The lowest BCUT2D eigenvalue weighted by atomic mass is 10.1. The molecule has 1 unspecified atom stereocenters. The normalized spacial score (nSPS) is 20.3. The van der Waals surface area contributed by atoms with Gasteiger partial charge in [-0.05, 0) is 29.7 Å². The number of rotatable bonds is 8. The van der Waals surface area contributed by atoms with Gasteiger partial charge in [0.2, 0.25) is 10.0 Å². The lowest BCUT2D eigenvalue weighted by Gasteiger charge is -2.35. The monoisotopic (exact) mass is 470 g/mol. The van der Waals surface area contributed by atoms with E-state index >= 15 is 0 Å². The van der Waals surface area contributed by atoms with Crippen LogP contribution in [0.4, 0.5) is 4.79 Å². The fourth-order valence-corrected chi connectivity index (χ4v) is 5.70. The standard InChI is InChI=1S/C24H30N4O4S/c1-2-6-19-9-11-21(12-10-19)33(31,32)27-15-13-26(14-16-27)18-28-23(29)22(25-24(28)30)17-20-7-4-3-5-8-20/h3-5,7-12,22H,2,6,13-18H2,1H3,(H,25,30). The molecule has 176 valence electrons. The number of hydrogen-bond acceptors (Lipinski definition) is 5. The number of urea groups is 1. The van der Waals surface area contributed by atoms with Crippen LogP contribution in [0.2, 0.25) is 0 Å². The van der Waals surface area contributed by atoms with Crippen molar-refractivity contribution in [1.82, 2.24) is 19.4 Å². The van der Waals surface area contributed by atoms with E-state index in [1.54, 1.807) is 12.1 Å². The smallest absolute Gasteiger partial charge is 0.325 e. The predicted molar refractivity (Wildman–Crippen MR) is 125 cm³/mol. The maximum atomic E-state index is 13.0. The molecule has 9 heteroatoms. The third kappa shape index (κ3) is 5.26. The van der Waals surface area contributed by atoms with Gasteiger partial charge in [0.25, 0.3) is 5.91 Å². The number of benzene rings is 2. The molecule has 33 heavy (non-hydrogen) atoms. The fourth-order valence-electron chi connectivity index (χ4n) is 4.28. The predicted octanol–water partition coefficient (Wildman–Crippen LogP) is 2.07. The number of piperazine rings is 1. The molecule has 0 aromatic heterocycles. The van der Waals surface area contributed by atoms with Crippen molar-refractivity contribution in [3.05, 3.63) is 65.7 Å². The number of aryl methyl sites for hydroxylation is 1. The third-order valence-electron chi connectivity index (χ3n) is 6.16. The summed E-state index contributed by atoms with van der Waals surface area (Å²) >= 11 is 0. The molecule has 2 aliphatic rings. The van der Waals surface area contributed by atoms with Crippen molar-refractivity contribution < 1.29 is 18.0 Å². The molecule has 2 aromatic rings. The van der Waals surface area contributed by atoms with Crippen LogP contribution in [0, 0.1) is 0 Å². The average Bonchev–Trinajstić information content (AvgIpc) is 3.08. The molecule has 0 spiro atoms. The lowest BCUT2D eigenvalue weighted by molar-refractivity contribution is -0.129. The highest BCUT2D eigenvalue weighted by Crippen LogP contribution is 2.20. The Morgan fingerprint density at radius 1 is 0.909 bits per heavy atom. The number of nitrogens with one attached hydrogen (secondary N) is 1. The Morgan fingerprint density at radius 2 is 1.58 bits per heavy atom. The van der Waals surface area contributed by atoms with Gasteiger partial charge in [-0.25, -0.2) is 18.1 Å². The highest BCUT2D eigenvalue weighted by molar-refractivity contribution is 7.89. The number of nitrogens with zero attached hydrogens (tertiary/aromatic N) is 3. The van der Waals surface area contributed by atoms with E-state index in [2.05, 4.69) is 12.2 Å². The summed E-state index contributed by atoms with van der Waals surface area (Å²) < 4.78 is 27.5. The number of hydrogen-bond donors (Lipinski definition) is 1. The molecule has 0 saturated carbocycles. The summed E-state index contributed by atoms with van der Waals surface area (Å²) in [6, 6.07) is 15.7. The minimum Gasteiger partial charge on any atom is -0.325 e. The Labute approximate surface area is 195 Å². The van der Waals surface area contributed by atoms with Gasteiger partial charge < -0.3 is 5.32 Å². The topological polar surface area (TPSA) is 90.0 Å². The van der Waals surface area contributed by atoms with Gasteiger partial charge in [-0.15, -0.1) is 0 Å². The van der Waals surface area contributed by atoms with Crippen molar-refractivity contribution in [2.24, 2.45) is 0 Å². The number of carbonyl (C=O) groups is 2. The van der Waals surface area contributed by atoms with Crippen LogP contribution >= 0.6 is 0 Å². The zero-order valence-corrected chi connectivity index (χ0v) is 19.6. The maximum absolute atomic E-state index is 13.0. The molecule has 0 aliphatic carbocycles. The summed E-state index contributed by atoms with van der Waals surface area (Å²) in [4.78, 5) is 28.7. The van der Waals surface area contributed by atoms with Crippen LogP contribution < -0.4 is 5.32 Å². The molecule has 3 amide bonds. The second-order valence-electron chi connectivity index (χ2n) is 8.52. The number of carbonyl (C=O) groups excluding carboxylic acids is 2. The summed E-state index contributed by atoms with van der Waals surface area (Å²) in [5.41, 5.74) is 2.11. The Bertz CT molecular complexity index is 1080. The minimum absolute atomic E-state index is 0.162. The second-order valence-corrected chi connectivity index (χ2v) is 10.5. The largest absolute Gasteiger partial charge is 0.325 e. The van der Waals surface area contributed by atoms with Gasteiger partial charge in [0.1, 0.15) is 6.04 Å². The SMILES string of the molecule is CCCc1ccc(S(=O)(=O)N2CCN(CN3C(=O)NC(Cc4ccccc4)C3=O)CC2)cc1. The molecule has 2 heterocycles. The van der Waals surface area contributed by atoms with Crippen LogP contribution in [-0.2, 0) is 27.7 Å². The van der Waals surface area contributed by atoms with Crippen LogP contribution in [0.5, 0.6) is 0 Å². The molecule has 4 rings (SSSR count). The second kappa shape index (κ2) is 10.0. The van der Waals surface area contributed by atoms with Gasteiger partial charge in [0.05, 0.1) is 11.6 Å². The number of amides is 3. The van der Waals surface area contributed by atoms with E-state index in [4.69, 9.17) is 0 Å². The zero-order chi connectivity index (χ0) is 23.4. The summed E-state index contributed by atoms with van der Waals surface area (Å²) in [7, 11) is -3.56. The van der Waals surface area contributed by atoms with Crippen molar-refractivity contribution in [3.8, 4) is 0 Å². The first kappa shape index (κ1) is 23.4. The molecular formula is C24H30N4O4S. The molecule has 2 aromatic carbocycles. The highest BCUT2D eigenvalue weighted by Gasteiger charge is 2.39. The van der Waals surface area contributed by atoms with E-state index in [0.29, 0.717) is 37.5 Å². The summed E-state index contributed by atoms with van der Waals surface area (Å²) in [5.74, 6) is -0.244. The molecule has 2 fully saturated rings. The molecule has 2 aliphatic heterocycles. The molecule has 0 radical (unpaired) electrons. The Balaban J connectivity index is 1.32. The van der Waals surface area contributed by atoms with E-state index in [-0.39, 0.29) is 12.6 Å². The van der Waals surface area contributed by atoms with Crippen LogP contribution in [0.1, 0.15) is 24.5 Å². The molecule has 1 N–H and O–H groups in total. The Hall–Kier alpha value is -2.75. The van der Waals surface area contributed by atoms with E-state index in [9.17, 15) is 18.0 Å². The van der Waals surface area contributed by atoms with Crippen LogP contribution in [0.25, 0.3) is 0 Å². The summed E-state index contributed by atoms with van der Waals surface area (Å²) in [5, 5.41) is 2.76. The van der Waals surface area contributed by atoms with Gasteiger partial charge in [0.15, 0.2) is 0 Å². The van der Waals surface area contributed by atoms with E-state index in [0.717, 1.165) is 24.0 Å². The van der Waals surface area contributed by atoms with Gasteiger partial charge in [0, 0.05) is 32.6 Å². The first-order valence-corrected chi connectivity index (χ1v) is 12.8. The van der Waals surface area contributed by atoms with Gasteiger partial charge in [-0.2, -0.15) is 4.31 Å². The average molecular weight is 471 g/mol. The Morgan fingerprint density at radius 3 is 2.21 bits per heavy atom. The van der Waals surface area contributed by atoms with E-state index in [1.807, 2.05) is 47.4 Å². The van der Waals surface area contributed by atoms with Crippen LogP contribution in [0.15, 0.2) is 59.5 Å². The van der Waals surface area contributed by atoms with Crippen molar-refractivity contribution in [2.75, 3.05) is 32.8 Å². The molecule has 8 nitrogen and oxygen atoms in total. The molecule has 2 saturated heterocycles. The van der Waals surface area contributed by atoms with E-state index < -0.39 is 22.1 Å². The zero-order valence-electron chi connectivity index (χ0n) is 18.8. The van der Waals surface area contributed by atoms with Gasteiger partial charge >= 0.3 is 6.03 Å². The first-order valence-electron chi connectivity index (χ1n) is 11.4. The van der Waals surface area contributed by atoms with Crippen LogP contribution in [0.3, 0.4) is 0 Å². The van der Waals surface area contributed by atoms with Gasteiger partial charge in [-0.1, -0.05) is 55.8 Å². The van der Waals surface area contributed by atoms with Crippen LogP contribution in [-0.4, -0.2) is 73.4 Å². The highest BCUT2D eigenvalue weighted by atomic mass is 32.2.